The zero-order valence-electron chi connectivity index (χ0n) is 15.1. The van der Waals surface area contributed by atoms with Crippen LogP contribution in [0.5, 0.6) is 0 Å². The molecule has 1 aromatic carbocycles. The molecule has 3 aromatic rings. The molecule has 0 saturated heterocycles. The van der Waals surface area contributed by atoms with E-state index in [9.17, 15) is 4.79 Å². The van der Waals surface area contributed by atoms with Crippen molar-refractivity contribution in [2.75, 3.05) is 0 Å². The van der Waals surface area contributed by atoms with Crippen LogP contribution in [0.2, 0.25) is 0 Å². The van der Waals surface area contributed by atoms with Crippen molar-refractivity contribution >= 4 is 22.5 Å². The highest BCUT2D eigenvalue weighted by atomic mass is 16.6. The molecule has 0 radical (unpaired) electrons. The predicted octanol–water partition coefficient (Wildman–Crippen LogP) is 3.50. The molecule has 2 aromatic heterocycles. The third-order valence-electron chi connectivity index (χ3n) is 3.80. The summed E-state index contributed by atoms with van der Waals surface area (Å²) in [6, 6.07) is 7.51. The normalized spacial score (nSPS) is 13.4. The minimum absolute atomic E-state index is 0.0909. The number of hydrogen-bond donors (Lipinski definition) is 1. The van der Waals surface area contributed by atoms with Crippen LogP contribution in [0.25, 0.3) is 16.4 Å². The van der Waals surface area contributed by atoms with Crippen LogP contribution in [0.15, 0.2) is 30.5 Å². The van der Waals surface area contributed by atoms with Gasteiger partial charge in [-0.3, -0.25) is 0 Å². The quantitative estimate of drug-likeness (QED) is 0.788. The summed E-state index contributed by atoms with van der Waals surface area (Å²) >= 11 is 0. The maximum atomic E-state index is 12.2. The molecule has 0 aliphatic rings. The molecule has 0 aliphatic heterocycles. The molecular weight excluding hydrogens is 318 g/mol. The van der Waals surface area contributed by atoms with Gasteiger partial charge in [-0.1, -0.05) is 38.1 Å². The minimum atomic E-state index is -0.563. The zero-order valence-corrected chi connectivity index (χ0v) is 15.1. The Labute approximate surface area is 146 Å². The Kier molecular flexibility index (Phi) is 4.32. The number of carbonyl (C=O) groups is 1. The molecule has 1 N–H and O–H groups in total. The van der Waals surface area contributed by atoms with Crippen molar-refractivity contribution in [2.24, 2.45) is 5.92 Å². The number of benzene rings is 1. The van der Waals surface area contributed by atoms with Crippen molar-refractivity contribution in [1.82, 2.24) is 25.1 Å². The second kappa shape index (κ2) is 6.31. The maximum absolute atomic E-state index is 12.2. The molecule has 0 bridgehead atoms. The Bertz CT molecular complexity index is 911. The first-order valence-electron chi connectivity index (χ1n) is 8.35. The lowest BCUT2D eigenvalue weighted by Crippen LogP contribution is -2.37. The molecule has 0 aliphatic carbocycles. The number of fused-ring (bicyclic) bond motifs is 3. The fourth-order valence-electron chi connectivity index (χ4n) is 2.66. The molecule has 0 saturated carbocycles. The molecule has 25 heavy (non-hydrogen) atoms. The minimum Gasteiger partial charge on any atom is -0.444 e. The average molecular weight is 341 g/mol. The summed E-state index contributed by atoms with van der Waals surface area (Å²) in [6.07, 6.45) is 1.30. The van der Waals surface area contributed by atoms with E-state index < -0.39 is 11.7 Å². The standard InChI is InChI=1S/C18H23N5O2/c1-11(2)14(20-17(24)25-18(3,4)5)16-22-21-15-13-9-7-6-8-12(13)10-19-23(15)16/h6-11,14H,1-5H3,(H,20,24)/t14-/m0/s1. The molecule has 1 atom stereocenters. The number of rotatable bonds is 3. The van der Waals surface area contributed by atoms with E-state index in [2.05, 4.69) is 20.6 Å². The molecule has 0 fully saturated rings. The van der Waals surface area contributed by atoms with Crippen LogP contribution >= 0.6 is 0 Å². The SMILES string of the molecule is CC(C)[C@H](NC(=O)OC(C)(C)C)c1nnc2c3ccccc3cnn12. The second-order valence-corrected chi connectivity index (χ2v) is 7.39. The summed E-state index contributed by atoms with van der Waals surface area (Å²) in [5.41, 5.74) is 0.109. The summed E-state index contributed by atoms with van der Waals surface area (Å²) < 4.78 is 7.06. The summed E-state index contributed by atoms with van der Waals surface area (Å²) in [5, 5.41) is 17.9. The highest BCUT2D eigenvalue weighted by molar-refractivity contribution is 5.92. The van der Waals surface area contributed by atoms with Gasteiger partial charge < -0.3 is 10.1 Å². The van der Waals surface area contributed by atoms with Crippen molar-refractivity contribution in [3.8, 4) is 0 Å². The second-order valence-electron chi connectivity index (χ2n) is 7.39. The van der Waals surface area contributed by atoms with E-state index in [1.807, 2.05) is 58.9 Å². The Hall–Kier alpha value is -2.70. The number of alkyl carbamates (subject to hydrolysis) is 1. The van der Waals surface area contributed by atoms with Crippen molar-refractivity contribution in [3.63, 3.8) is 0 Å². The highest BCUT2D eigenvalue weighted by Gasteiger charge is 2.27. The van der Waals surface area contributed by atoms with Gasteiger partial charge in [0.05, 0.1) is 12.2 Å². The first kappa shape index (κ1) is 17.1. The predicted molar refractivity (Wildman–Crippen MR) is 95.2 cm³/mol. The Morgan fingerprint density at radius 2 is 1.92 bits per heavy atom. The lowest BCUT2D eigenvalue weighted by Gasteiger charge is -2.24. The van der Waals surface area contributed by atoms with Crippen LogP contribution < -0.4 is 5.32 Å². The van der Waals surface area contributed by atoms with Crippen molar-refractivity contribution in [2.45, 2.75) is 46.3 Å². The average Bonchev–Trinajstić information content (AvgIpc) is 2.94. The molecule has 2 heterocycles. The molecule has 0 unspecified atom stereocenters. The molecule has 1 amide bonds. The highest BCUT2D eigenvalue weighted by Crippen LogP contribution is 2.24. The number of nitrogens with one attached hydrogen (secondary N) is 1. The zero-order chi connectivity index (χ0) is 18.2. The van der Waals surface area contributed by atoms with Gasteiger partial charge in [-0.2, -0.15) is 9.61 Å². The van der Waals surface area contributed by atoms with Crippen LogP contribution in [0.1, 0.15) is 46.5 Å². The fourth-order valence-corrected chi connectivity index (χ4v) is 2.66. The lowest BCUT2D eigenvalue weighted by molar-refractivity contribution is 0.0486. The van der Waals surface area contributed by atoms with Gasteiger partial charge in [-0.05, 0) is 26.7 Å². The van der Waals surface area contributed by atoms with Gasteiger partial charge in [0.25, 0.3) is 0 Å². The smallest absolute Gasteiger partial charge is 0.408 e. The molecule has 0 spiro atoms. The van der Waals surface area contributed by atoms with E-state index in [4.69, 9.17) is 4.74 Å². The van der Waals surface area contributed by atoms with Crippen molar-refractivity contribution in [3.05, 3.63) is 36.3 Å². The molecule has 3 rings (SSSR count). The topological polar surface area (TPSA) is 81.4 Å². The molecule has 7 nitrogen and oxygen atoms in total. The van der Waals surface area contributed by atoms with Gasteiger partial charge >= 0.3 is 6.09 Å². The van der Waals surface area contributed by atoms with Crippen LogP contribution in [-0.4, -0.2) is 31.5 Å². The third-order valence-corrected chi connectivity index (χ3v) is 3.80. The van der Waals surface area contributed by atoms with E-state index in [1.54, 1.807) is 10.7 Å². The number of carbonyl (C=O) groups excluding carboxylic acids is 1. The van der Waals surface area contributed by atoms with Gasteiger partial charge in [0.1, 0.15) is 5.60 Å². The summed E-state index contributed by atoms with van der Waals surface area (Å²) in [6.45, 7) is 9.50. The van der Waals surface area contributed by atoms with Gasteiger partial charge in [0.15, 0.2) is 11.5 Å². The van der Waals surface area contributed by atoms with E-state index in [0.29, 0.717) is 11.5 Å². The summed E-state index contributed by atoms with van der Waals surface area (Å²) in [5.74, 6) is 0.676. The van der Waals surface area contributed by atoms with E-state index >= 15 is 0 Å². The van der Waals surface area contributed by atoms with Crippen LogP contribution in [0.3, 0.4) is 0 Å². The van der Waals surface area contributed by atoms with E-state index in [0.717, 1.165) is 10.8 Å². The summed E-state index contributed by atoms with van der Waals surface area (Å²) in [4.78, 5) is 12.2. The van der Waals surface area contributed by atoms with Gasteiger partial charge in [-0.15, -0.1) is 10.2 Å². The van der Waals surface area contributed by atoms with E-state index in [-0.39, 0.29) is 12.0 Å². The number of hydrogen-bond acceptors (Lipinski definition) is 5. The Balaban J connectivity index is 2.00. The first-order chi connectivity index (χ1) is 11.8. The third kappa shape index (κ3) is 3.55. The van der Waals surface area contributed by atoms with Crippen LogP contribution in [0.4, 0.5) is 4.79 Å². The maximum Gasteiger partial charge on any atom is 0.408 e. The largest absolute Gasteiger partial charge is 0.444 e. The molecule has 7 heteroatoms. The Morgan fingerprint density at radius 3 is 2.60 bits per heavy atom. The van der Waals surface area contributed by atoms with Gasteiger partial charge in [0.2, 0.25) is 0 Å². The Morgan fingerprint density at radius 1 is 1.20 bits per heavy atom. The molecule has 132 valence electrons. The van der Waals surface area contributed by atoms with Crippen molar-refractivity contribution < 1.29 is 9.53 Å². The monoisotopic (exact) mass is 341 g/mol. The number of amides is 1. The first-order valence-corrected chi connectivity index (χ1v) is 8.35. The van der Waals surface area contributed by atoms with Crippen LogP contribution in [0, 0.1) is 5.92 Å². The van der Waals surface area contributed by atoms with Crippen molar-refractivity contribution in [1.29, 1.82) is 0 Å². The fraction of sp³-hybridized carbons (Fsp3) is 0.444. The van der Waals surface area contributed by atoms with E-state index in [1.165, 1.54) is 0 Å². The number of ether oxygens (including phenoxy) is 1. The van der Waals surface area contributed by atoms with Crippen LogP contribution in [-0.2, 0) is 4.74 Å². The van der Waals surface area contributed by atoms with Gasteiger partial charge in [-0.25, -0.2) is 4.79 Å². The van der Waals surface area contributed by atoms with Gasteiger partial charge in [0, 0.05) is 10.8 Å². The number of aromatic nitrogens is 4. The lowest BCUT2D eigenvalue weighted by atomic mass is 10.0. The summed E-state index contributed by atoms with van der Waals surface area (Å²) in [7, 11) is 0. The number of nitrogens with zero attached hydrogens (tertiary/aromatic N) is 4. The molecular formula is C18H23N5O2.